The van der Waals surface area contributed by atoms with Gasteiger partial charge in [-0.25, -0.2) is 0 Å². The minimum absolute atomic E-state index is 0.117. The van der Waals surface area contributed by atoms with E-state index in [1.165, 1.54) is 0 Å². The molecule has 72 valence electrons. The lowest BCUT2D eigenvalue weighted by Gasteiger charge is -2.04. The molecule has 0 saturated heterocycles. The maximum Gasteiger partial charge on any atom is 0.219 e. The second-order valence-corrected chi connectivity index (χ2v) is 3.16. The molecule has 0 aromatic carbocycles. The smallest absolute Gasteiger partial charge is 0.219 e. The van der Waals surface area contributed by atoms with Gasteiger partial charge in [0.05, 0.1) is 6.04 Å². The van der Waals surface area contributed by atoms with Crippen LogP contribution in [0.5, 0.6) is 0 Å². The van der Waals surface area contributed by atoms with Gasteiger partial charge in [0.15, 0.2) is 0 Å². The summed E-state index contributed by atoms with van der Waals surface area (Å²) in [5.41, 5.74) is 11.7. The van der Waals surface area contributed by atoms with E-state index in [4.69, 9.17) is 15.9 Å². The predicted octanol–water partition coefficient (Wildman–Crippen LogP) is 0.772. The Balaban J connectivity index is 2.77. The van der Waals surface area contributed by atoms with Gasteiger partial charge < -0.3 is 15.9 Å². The van der Waals surface area contributed by atoms with Crippen LogP contribution in [0.4, 0.5) is 0 Å². The molecule has 0 aliphatic rings. The molecule has 0 saturated carbocycles. The molecule has 4 nitrogen and oxygen atoms in total. The second kappa shape index (κ2) is 3.62. The number of carbonyl (C=O) groups excluding carboxylic acids is 1. The lowest BCUT2D eigenvalue weighted by Crippen LogP contribution is -2.20. The lowest BCUT2D eigenvalue weighted by atomic mass is 10.1. The molecule has 0 radical (unpaired) electrons. The Morgan fingerprint density at radius 1 is 1.62 bits per heavy atom. The van der Waals surface area contributed by atoms with Crippen molar-refractivity contribution in [3.05, 3.63) is 23.2 Å². The molecule has 1 aromatic rings. The first-order chi connectivity index (χ1) is 6.00. The zero-order valence-electron chi connectivity index (χ0n) is 7.83. The van der Waals surface area contributed by atoms with Crippen LogP contribution in [0.2, 0.25) is 0 Å². The summed E-state index contributed by atoms with van der Waals surface area (Å²) in [7, 11) is 0. The third kappa shape index (κ3) is 2.32. The number of carbonyl (C=O) groups is 1. The highest BCUT2D eigenvalue weighted by atomic mass is 16.3. The number of primary amides is 1. The number of nitrogens with two attached hydrogens (primary N) is 2. The number of amides is 1. The standard InChI is InChI=1S/C9H14N2O2/c1-5-3-8(13-6(5)2)7(10)4-9(11)12/h3,7H,4,10H2,1-2H3,(H2,11,12). The topological polar surface area (TPSA) is 82.2 Å². The summed E-state index contributed by atoms with van der Waals surface area (Å²) in [6, 6.07) is 1.41. The molecule has 1 heterocycles. The van der Waals surface area contributed by atoms with E-state index in [9.17, 15) is 4.79 Å². The fourth-order valence-electron chi connectivity index (χ4n) is 1.10. The van der Waals surface area contributed by atoms with Gasteiger partial charge >= 0.3 is 0 Å². The first kappa shape index (κ1) is 9.80. The molecule has 1 amide bonds. The highest BCUT2D eigenvalue weighted by molar-refractivity contribution is 5.74. The zero-order chi connectivity index (χ0) is 10.0. The number of furan rings is 1. The second-order valence-electron chi connectivity index (χ2n) is 3.16. The third-order valence-electron chi connectivity index (χ3n) is 1.97. The van der Waals surface area contributed by atoms with Gasteiger partial charge in [-0.05, 0) is 25.5 Å². The molecule has 0 aliphatic heterocycles. The van der Waals surface area contributed by atoms with Crippen molar-refractivity contribution in [1.29, 1.82) is 0 Å². The Morgan fingerprint density at radius 2 is 2.23 bits per heavy atom. The normalized spacial score (nSPS) is 12.8. The lowest BCUT2D eigenvalue weighted by molar-refractivity contribution is -0.118. The predicted molar refractivity (Wildman–Crippen MR) is 48.9 cm³/mol. The average Bonchev–Trinajstić information content (AvgIpc) is 2.31. The Hall–Kier alpha value is -1.29. The van der Waals surface area contributed by atoms with Crippen molar-refractivity contribution in [1.82, 2.24) is 0 Å². The van der Waals surface area contributed by atoms with E-state index in [0.29, 0.717) is 5.76 Å². The average molecular weight is 182 g/mol. The Labute approximate surface area is 76.9 Å². The maximum absolute atomic E-state index is 10.6. The minimum Gasteiger partial charge on any atom is -0.464 e. The molecule has 0 spiro atoms. The molecule has 1 atom stereocenters. The van der Waals surface area contributed by atoms with E-state index < -0.39 is 11.9 Å². The summed E-state index contributed by atoms with van der Waals surface area (Å²) in [6.07, 6.45) is 0.117. The zero-order valence-corrected chi connectivity index (χ0v) is 7.83. The molecule has 0 aliphatic carbocycles. The monoisotopic (exact) mass is 182 g/mol. The van der Waals surface area contributed by atoms with Gasteiger partial charge in [0, 0.05) is 6.42 Å². The van der Waals surface area contributed by atoms with Crippen molar-refractivity contribution >= 4 is 5.91 Å². The summed E-state index contributed by atoms with van der Waals surface area (Å²) < 4.78 is 5.34. The molecular formula is C9H14N2O2. The molecular weight excluding hydrogens is 168 g/mol. The van der Waals surface area contributed by atoms with Gasteiger partial charge in [0.25, 0.3) is 0 Å². The van der Waals surface area contributed by atoms with Crippen LogP contribution in [0.15, 0.2) is 10.5 Å². The van der Waals surface area contributed by atoms with Crippen molar-refractivity contribution < 1.29 is 9.21 Å². The molecule has 1 unspecified atom stereocenters. The third-order valence-corrected chi connectivity index (χ3v) is 1.97. The number of hydrogen-bond donors (Lipinski definition) is 2. The Morgan fingerprint density at radius 3 is 2.62 bits per heavy atom. The fourth-order valence-corrected chi connectivity index (χ4v) is 1.10. The van der Waals surface area contributed by atoms with E-state index >= 15 is 0 Å². The highest BCUT2D eigenvalue weighted by Crippen LogP contribution is 2.20. The summed E-state index contributed by atoms with van der Waals surface area (Å²) in [5.74, 6) is 1.03. The van der Waals surface area contributed by atoms with Gasteiger partial charge in [-0.2, -0.15) is 0 Å². The van der Waals surface area contributed by atoms with Crippen molar-refractivity contribution in [3.8, 4) is 0 Å². The van der Waals surface area contributed by atoms with Crippen molar-refractivity contribution in [2.45, 2.75) is 26.3 Å². The minimum atomic E-state index is -0.426. The number of hydrogen-bond acceptors (Lipinski definition) is 3. The van der Waals surface area contributed by atoms with Crippen molar-refractivity contribution in [2.24, 2.45) is 11.5 Å². The Bertz CT molecular complexity index is 298. The van der Waals surface area contributed by atoms with E-state index in [1.54, 1.807) is 0 Å². The van der Waals surface area contributed by atoms with Crippen LogP contribution in [0, 0.1) is 13.8 Å². The van der Waals surface area contributed by atoms with Gasteiger partial charge in [-0.1, -0.05) is 0 Å². The molecule has 4 N–H and O–H groups in total. The van der Waals surface area contributed by atoms with Gasteiger partial charge in [-0.3, -0.25) is 4.79 Å². The van der Waals surface area contributed by atoms with Gasteiger partial charge in [-0.15, -0.1) is 0 Å². The van der Waals surface area contributed by atoms with Crippen LogP contribution < -0.4 is 11.5 Å². The first-order valence-electron chi connectivity index (χ1n) is 4.11. The fraction of sp³-hybridized carbons (Fsp3) is 0.444. The maximum atomic E-state index is 10.6. The summed E-state index contributed by atoms with van der Waals surface area (Å²) >= 11 is 0. The van der Waals surface area contributed by atoms with Crippen molar-refractivity contribution in [3.63, 3.8) is 0 Å². The summed E-state index contributed by atoms with van der Waals surface area (Å²) in [4.78, 5) is 10.6. The number of aryl methyl sites for hydroxylation is 2. The van der Waals surface area contributed by atoms with E-state index in [0.717, 1.165) is 11.3 Å². The summed E-state index contributed by atoms with van der Waals surface area (Å²) in [5, 5.41) is 0. The largest absolute Gasteiger partial charge is 0.464 e. The van der Waals surface area contributed by atoms with Gasteiger partial charge in [0.2, 0.25) is 5.91 Å². The van der Waals surface area contributed by atoms with E-state index in [1.807, 2.05) is 19.9 Å². The number of rotatable bonds is 3. The molecule has 0 fully saturated rings. The SMILES string of the molecule is Cc1cc(C(N)CC(N)=O)oc1C. The van der Waals surface area contributed by atoms with Crippen LogP contribution >= 0.6 is 0 Å². The molecule has 1 aromatic heterocycles. The molecule has 4 heteroatoms. The van der Waals surface area contributed by atoms with Crippen LogP contribution in [-0.2, 0) is 4.79 Å². The Kier molecular flexibility index (Phi) is 2.72. The van der Waals surface area contributed by atoms with Crippen LogP contribution in [-0.4, -0.2) is 5.91 Å². The van der Waals surface area contributed by atoms with Crippen LogP contribution in [0.3, 0.4) is 0 Å². The van der Waals surface area contributed by atoms with E-state index in [2.05, 4.69) is 0 Å². The first-order valence-corrected chi connectivity index (χ1v) is 4.11. The molecule has 1 rings (SSSR count). The van der Waals surface area contributed by atoms with Crippen molar-refractivity contribution in [2.75, 3.05) is 0 Å². The summed E-state index contributed by atoms with van der Waals surface area (Å²) in [6.45, 7) is 3.79. The molecule has 13 heavy (non-hydrogen) atoms. The van der Waals surface area contributed by atoms with Gasteiger partial charge in [0.1, 0.15) is 11.5 Å². The molecule has 0 bridgehead atoms. The van der Waals surface area contributed by atoms with E-state index in [-0.39, 0.29) is 6.42 Å². The quantitative estimate of drug-likeness (QED) is 0.724. The highest BCUT2D eigenvalue weighted by Gasteiger charge is 2.14. The van der Waals surface area contributed by atoms with Crippen LogP contribution in [0.1, 0.15) is 29.5 Å². The van der Waals surface area contributed by atoms with Crippen LogP contribution in [0.25, 0.3) is 0 Å².